The van der Waals surface area contributed by atoms with Gasteiger partial charge in [0.2, 0.25) is 11.8 Å². The van der Waals surface area contributed by atoms with Gasteiger partial charge in [0.1, 0.15) is 36.8 Å². The normalized spacial score (nSPS) is 12.3. The summed E-state index contributed by atoms with van der Waals surface area (Å²) in [6.45, 7) is 5.89. The number of carbonyl (C=O) groups is 4. The van der Waals surface area contributed by atoms with E-state index in [4.69, 9.17) is 27.8 Å². The molecule has 2 atom stereocenters. The fourth-order valence-corrected chi connectivity index (χ4v) is 4.62. The molecule has 0 aliphatic heterocycles. The molecule has 0 aliphatic rings. The average molecular weight is 706 g/mol. The molecule has 0 bridgehead atoms. The van der Waals surface area contributed by atoms with E-state index in [1.807, 2.05) is 60.7 Å². The summed E-state index contributed by atoms with van der Waals surface area (Å²) in [5.74, 6) is -1.26. The zero-order valence-electron chi connectivity index (χ0n) is 29.0. The lowest BCUT2D eigenvalue weighted by molar-refractivity contribution is 0.0491. The summed E-state index contributed by atoms with van der Waals surface area (Å²) in [6.07, 6.45) is 2.50. The van der Waals surface area contributed by atoms with E-state index in [1.54, 1.807) is 20.8 Å². The number of esters is 1. The van der Waals surface area contributed by atoms with Gasteiger partial charge in [-0.1, -0.05) is 60.7 Å². The zero-order valence-corrected chi connectivity index (χ0v) is 29.0. The fraction of sp³-hybridized carbons (Fsp3) is 0.389. The van der Waals surface area contributed by atoms with Crippen molar-refractivity contribution in [2.75, 3.05) is 20.3 Å². The summed E-state index contributed by atoms with van der Waals surface area (Å²) in [5, 5.41) is 8.23. The number of carbonyl (C=O) groups excluding carboxylic acids is 4. The molecule has 15 heteroatoms. The lowest BCUT2D eigenvalue weighted by Crippen LogP contribution is -2.35. The minimum absolute atomic E-state index is 0.0163. The van der Waals surface area contributed by atoms with Gasteiger partial charge in [-0.25, -0.2) is 24.4 Å². The Morgan fingerprint density at radius 1 is 0.765 bits per heavy atom. The van der Waals surface area contributed by atoms with Crippen molar-refractivity contribution >= 4 is 24.1 Å². The first kappa shape index (κ1) is 38.1. The molecule has 0 spiro atoms. The van der Waals surface area contributed by atoms with Crippen LogP contribution in [-0.4, -0.2) is 59.9 Å². The van der Waals surface area contributed by atoms with Crippen LogP contribution in [0.4, 0.5) is 9.59 Å². The van der Waals surface area contributed by atoms with Crippen LogP contribution in [0.25, 0.3) is 0 Å². The summed E-state index contributed by atoms with van der Waals surface area (Å²) >= 11 is 0. The molecule has 3 N–H and O–H groups in total. The van der Waals surface area contributed by atoms with Gasteiger partial charge in [-0.3, -0.25) is 4.79 Å². The fourth-order valence-electron chi connectivity index (χ4n) is 4.62. The quantitative estimate of drug-likeness (QED) is 0.0680. The Bertz CT molecular complexity index is 1700. The summed E-state index contributed by atoms with van der Waals surface area (Å²) in [6, 6.07) is 17.1. The lowest BCUT2D eigenvalue weighted by Gasteiger charge is -2.22. The van der Waals surface area contributed by atoms with Gasteiger partial charge >= 0.3 is 18.2 Å². The predicted molar refractivity (Wildman–Crippen MR) is 181 cm³/mol. The molecule has 0 unspecified atom stereocenters. The van der Waals surface area contributed by atoms with Gasteiger partial charge in [-0.15, -0.1) is 0 Å². The van der Waals surface area contributed by atoms with Gasteiger partial charge in [0.05, 0.1) is 20.3 Å². The van der Waals surface area contributed by atoms with E-state index in [0.717, 1.165) is 23.7 Å². The third-order valence-corrected chi connectivity index (χ3v) is 7.06. The number of alkyl carbamates (subject to hydrolysis) is 2. The molecule has 3 amide bonds. The van der Waals surface area contributed by atoms with Gasteiger partial charge in [0, 0.05) is 6.54 Å². The van der Waals surface area contributed by atoms with Crippen molar-refractivity contribution in [1.82, 2.24) is 25.9 Å². The SMILES string of the molecule is COC(=O)c1coc([C@H](COCc2ccccc2)NC(=O)c2coc([C@H](CCCCNC(=O)OCc3ccccc3)NC(=O)OC(C)(C)C)n2)n1. The van der Waals surface area contributed by atoms with Crippen molar-refractivity contribution in [3.05, 3.63) is 107 Å². The number of rotatable bonds is 17. The van der Waals surface area contributed by atoms with E-state index in [0.29, 0.717) is 25.8 Å². The molecule has 2 heterocycles. The predicted octanol–water partition coefficient (Wildman–Crippen LogP) is 5.80. The number of methoxy groups -OCH3 is 1. The second-order valence-electron chi connectivity index (χ2n) is 12.3. The Labute approximate surface area is 295 Å². The number of oxazole rings is 2. The summed E-state index contributed by atoms with van der Waals surface area (Å²) in [5.41, 5.74) is 0.866. The van der Waals surface area contributed by atoms with Crippen molar-refractivity contribution in [1.29, 1.82) is 0 Å². The highest BCUT2D eigenvalue weighted by Gasteiger charge is 2.28. The zero-order chi connectivity index (χ0) is 36.6. The maximum absolute atomic E-state index is 13.4. The van der Waals surface area contributed by atoms with Crippen molar-refractivity contribution in [2.24, 2.45) is 0 Å². The molecular formula is C36H43N5O10. The van der Waals surface area contributed by atoms with Crippen LogP contribution in [0.5, 0.6) is 0 Å². The van der Waals surface area contributed by atoms with E-state index < -0.39 is 41.7 Å². The van der Waals surface area contributed by atoms with Crippen LogP contribution in [0.15, 0.2) is 82.0 Å². The number of amides is 3. The molecule has 2 aromatic carbocycles. The number of ether oxygens (including phenoxy) is 4. The van der Waals surface area contributed by atoms with Crippen molar-refractivity contribution in [3.8, 4) is 0 Å². The van der Waals surface area contributed by atoms with Crippen molar-refractivity contribution < 1.29 is 47.0 Å². The largest absolute Gasteiger partial charge is 0.464 e. The van der Waals surface area contributed by atoms with E-state index in [1.165, 1.54) is 7.11 Å². The molecule has 4 aromatic rings. The smallest absolute Gasteiger partial charge is 0.408 e. The Kier molecular flexibility index (Phi) is 14.1. The molecule has 0 aliphatic carbocycles. The highest BCUT2D eigenvalue weighted by Crippen LogP contribution is 2.22. The Balaban J connectivity index is 1.38. The minimum Gasteiger partial charge on any atom is -0.464 e. The molecule has 4 rings (SSSR count). The Morgan fingerprint density at radius 2 is 1.37 bits per heavy atom. The first-order valence-corrected chi connectivity index (χ1v) is 16.4. The van der Waals surface area contributed by atoms with Crippen LogP contribution < -0.4 is 16.0 Å². The van der Waals surface area contributed by atoms with Crippen LogP contribution in [0.1, 0.15) is 96.0 Å². The van der Waals surface area contributed by atoms with E-state index in [-0.39, 0.29) is 43.0 Å². The number of aromatic nitrogens is 2. The molecule has 2 aromatic heterocycles. The molecule has 0 saturated carbocycles. The summed E-state index contributed by atoms with van der Waals surface area (Å²) in [7, 11) is 1.22. The van der Waals surface area contributed by atoms with Gasteiger partial charge in [0.15, 0.2) is 11.4 Å². The number of benzene rings is 2. The van der Waals surface area contributed by atoms with Gasteiger partial charge < -0.3 is 43.7 Å². The third-order valence-electron chi connectivity index (χ3n) is 7.06. The second-order valence-corrected chi connectivity index (χ2v) is 12.3. The van der Waals surface area contributed by atoms with E-state index in [9.17, 15) is 19.2 Å². The third kappa shape index (κ3) is 12.9. The van der Waals surface area contributed by atoms with Gasteiger partial charge in [-0.2, -0.15) is 0 Å². The average Bonchev–Trinajstić information content (AvgIpc) is 3.81. The van der Waals surface area contributed by atoms with Gasteiger partial charge in [-0.05, 0) is 51.2 Å². The number of unbranched alkanes of at least 4 members (excludes halogenated alkanes) is 1. The van der Waals surface area contributed by atoms with Crippen LogP contribution in [0.3, 0.4) is 0 Å². The van der Waals surface area contributed by atoms with Crippen molar-refractivity contribution in [2.45, 2.75) is 70.9 Å². The molecule has 15 nitrogen and oxygen atoms in total. The highest BCUT2D eigenvalue weighted by atomic mass is 16.6. The van der Waals surface area contributed by atoms with E-state index in [2.05, 4.69) is 25.9 Å². The van der Waals surface area contributed by atoms with Crippen LogP contribution in [-0.2, 0) is 32.2 Å². The van der Waals surface area contributed by atoms with E-state index >= 15 is 0 Å². The van der Waals surface area contributed by atoms with Crippen LogP contribution in [0.2, 0.25) is 0 Å². The maximum atomic E-state index is 13.4. The minimum atomic E-state index is -0.915. The first-order chi connectivity index (χ1) is 24.5. The first-order valence-electron chi connectivity index (χ1n) is 16.4. The highest BCUT2D eigenvalue weighted by molar-refractivity contribution is 5.92. The molecule has 0 fully saturated rings. The number of nitrogens with one attached hydrogen (secondary N) is 3. The van der Waals surface area contributed by atoms with Crippen molar-refractivity contribution in [3.63, 3.8) is 0 Å². The number of hydrogen-bond acceptors (Lipinski definition) is 12. The molecule has 51 heavy (non-hydrogen) atoms. The van der Waals surface area contributed by atoms with Crippen LogP contribution >= 0.6 is 0 Å². The summed E-state index contributed by atoms with van der Waals surface area (Å²) in [4.78, 5) is 58.7. The van der Waals surface area contributed by atoms with Crippen LogP contribution in [0, 0.1) is 0 Å². The van der Waals surface area contributed by atoms with Gasteiger partial charge in [0.25, 0.3) is 5.91 Å². The maximum Gasteiger partial charge on any atom is 0.408 e. The standard InChI is InChI=1S/C36H43N5O10/c1-36(2,3)51-35(45)41-26(17-11-12-18-37-34(44)50-20-25-15-9-6-10-16-25)31-39-27(22-48-31)30(42)38-28(21-47-19-24-13-7-5-8-14-24)32-40-29(23-49-32)33(43)46-4/h5-10,13-16,22-23,26,28H,11-12,17-21H2,1-4H3,(H,37,44)(H,38,42)(H,41,45)/t26-,28-/m0/s1. The topological polar surface area (TPSA) is 193 Å². The molecule has 0 radical (unpaired) electrons. The Morgan fingerprint density at radius 3 is 2.02 bits per heavy atom. The number of nitrogens with zero attached hydrogens (tertiary/aromatic N) is 2. The lowest BCUT2D eigenvalue weighted by atomic mass is 10.1. The molecule has 272 valence electrons. The molecular weight excluding hydrogens is 662 g/mol. The monoisotopic (exact) mass is 705 g/mol. The molecule has 0 saturated heterocycles. The second kappa shape index (κ2) is 18.9. The number of hydrogen-bond donors (Lipinski definition) is 3. The summed E-state index contributed by atoms with van der Waals surface area (Å²) < 4.78 is 32.4. The Hall–Kier alpha value is -5.70.